The summed E-state index contributed by atoms with van der Waals surface area (Å²) in [6.45, 7) is 11.1. The predicted molar refractivity (Wildman–Crippen MR) is 234 cm³/mol. The Labute approximate surface area is 333 Å². The van der Waals surface area contributed by atoms with Crippen molar-refractivity contribution in [3.63, 3.8) is 0 Å². The van der Waals surface area contributed by atoms with Gasteiger partial charge in [0, 0.05) is 28.9 Å². The van der Waals surface area contributed by atoms with Crippen LogP contribution in [0.25, 0.3) is 0 Å². The molecule has 6 rings (SSSR count). The van der Waals surface area contributed by atoms with Crippen molar-refractivity contribution in [2.24, 2.45) is 17.8 Å². The van der Waals surface area contributed by atoms with E-state index in [0.717, 1.165) is 40.8 Å². The second-order valence-electron chi connectivity index (χ2n) is 17.5. The van der Waals surface area contributed by atoms with Gasteiger partial charge in [-0.2, -0.15) is 0 Å². The molecule has 0 atom stereocenters. The SMILES string of the molecule is CCCCCCCCCCC[C@H]1CC[C@@H](C2CCC(c3cc(C)c(Oc4cccc(N)c4)c(C)c3)(c3cc(C)c(Oc4cccc(N)c4)c(C)c3)CC2)CC1. The minimum Gasteiger partial charge on any atom is -0.457 e. The largest absolute Gasteiger partial charge is 0.457 e. The van der Waals surface area contributed by atoms with Crippen LogP contribution in [0, 0.1) is 45.4 Å². The Kier molecular flexibility index (Phi) is 14.3. The van der Waals surface area contributed by atoms with Crippen LogP contribution in [-0.4, -0.2) is 0 Å². The van der Waals surface area contributed by atoms with Crippen LogP contribution >= 0.6 is 0 Å². The summed E-state index contributed by atoms with van der Waals surface area (Å²) in [5, 5.41) is 0. The molecule has 0 amide bonds. The summed E-state index contributed by atoms with van der Waals surface area (Å²) < 4.78 is 13.0. The molecule has 0 bridgehead atoms. The molecule has 4 N–H and O–H groups in total. The van der Waals surface area contributed by atoms with E-state index in [4.69, 9.17) is 20.9 Å². The Balaban J connectivity index is 1.16. The fraction of sp³-hybridized carbons (Fsp3) is 0.529. The lowest BCUT2D eigenvalue weighted by Gasteiger charge is -2.45. The molecule has 0 spiro atoms. The third-order valence-corrected chi connectivity index (χ3v) is 13.3. The van der Waals surface area contributed by atoms with Crippen molar-refractivity contribution < 1.29 is 9.47 Å². The van der Waals surface area contributed by atoms with Gasteiger partial charge in [-0.3, -0.25) is 0 Å². The third kappa shape index (κ3) is 10.5. The number of benzene rings is 4. The van der Waals surface area contributed by atoms with Gasteiger partial charge in [-0.15, -0.1) is 0 Å². The smallest absolute Gasteiger partial charge is 0.133 e. The molecule has 4 nitrogen and oxygen atoms in total. The number of hydrogen-bond donors (Lipinski definition) is 2. The number of rotatable bonds is 17. The highest BCUT2D eigenvalue weighted by atomic mass is 16.5. The lowest BCUT2D eigenvalue weighted by molar-refractivity contribution is 0.140. The molecule has 4 heteroatoms. The lowest BCUT2D eigenvalue weighted by atomic mass is 9.59. The first-order valence-electron chi connectivity index (χ1n) is 22.0. The van der Waals surface area contributed by atoms with Crippen molar-refractivity contribution in [1.29, 1.82) is 0 Å². The van der Waals surface area contributed by atoms with Crippen LogP contribution in [0.2, 0.25) is 0 Å². The second kappa shape index (κ2) is 19.3. The maximum absolute atomic E-state index is 6.48. The zero-order chi connectivity index (χ0) is 38.8. The van der Waals surface area contributed by atoms with E-state index in [1.165, 1.54) is 149 Å². The maximum Gasteiger partial charge on any atom is 0.133 e. The number of anilines is 2. The Morgan fingerprint density at radius 3 is 1.38 bits per heavy atom. The maximum atomic E-state index is 6.48. The number of hydrogen-bond acceptors (Lipinski definition) is 4. The fourth-order valence-electron chi connectivity index (χ4n) is 10.2. The number of nitrogens with two attached hydrogens (primary N) is 2. The summed E-state index contributed by atoms with van der Waals surface area (Å²) in [7, 11) is 0. The minimum absolute atomic E-state index is 0.0693. The lowest BCUT2D eigenvalue weighted by Crippen LogP contribution is -2.36. The molecule has 296 valence electrons. The number of nitrogen functional groups attached to an aromatic ring is 2. The van der Waals surface area contributed by atoms with Gasteiger partial charge in [-0.05, 0) is 142 Å². The molecule has 0 heterocycles. The molecule has 4 aromatic carbocycles. The van der Waals surface area contributed by atoms with E-state index in [1.807, 2.05) is 48.5 Å². The van der Waals surface area contributed by atoms with Gasteiger partial charge in [0.25, 0.3) is 0 Å². The van der Waals surface area contributed by atoms with E-state index in [-0.39, 0.29) is 5.41 Å². The summed E-state index contributed by atoms with van der Waals surface area (Å²) in [5.41, 5.74) is 21.0. The van der Waals surface area contributed by atoms with Crippen LogP contribution in [0.4, 0.5) is 11.4 Å². The molecule has 55 heavy (non-hydrogen) atoms. The molecule has 2 saturated carbocycles. The Morgan fingerprint density at radius 1 is 0.527 bits per heavy atom. The van der Waals surface area contributed by atoms with Gasteiger partial charge in [0.2, 0.25) is 0 Å². The molecular weight excluding hydrogens is 673 g/mol. The third-order valence-electron chi connectivity index (χ3n) is 13.3. The zero-order valence-electron chi connectivity index (χ0n) is 34.9. The van der Waals surface area contributed by atoms with Crippen molar-refractivity contribution in [2.45, 2.75) is 156 Å². The normalized spacial score (nSPS) is 18.6. The van der Waals surface area contributed by atoms with E-state index in [2.05, 4.69) is 58.9 Å². The average molecular weight is 743 g/mol. The van der Waals surface area contributed by atoms with Crippen LogP contribution in [0.3, 0.4) is 0 Å². The summed E-state index contributed by atoms with van der Waals surface area (Å²) in [6, 6.07) is 25.1. The van der Waals surface area contributed by atoms with Crippen LogP contribution in [0.15, 0.2) is 72.8 Å². The molecule has 2 fully saturated rings. The first-order valence-corrected chi connectivity index (χ1v) is 22.0. The van der Waals surface area contributed by atoms with Crippen LogP contribution in [-0.2, 0) is 5.41 Å². The molecule has 0 radical (unpaired) electrons. The first kappa shape index (κ1) is 40.7. The molecule has 4 aromatic rings. The van der Waals surface area contributed by atoms with E-state index < -0.39 is 0 Å². The number of ether oxygens (including phenoxy) is 2. The van der Waals surface area contributed by atoms with E-state index in [9.17, 15) is 0 Å². The molecule has 0 aromatic heterocycles. The Bertz CT molecular complexity index is 1680. The number of unbranched alkanes of at least 4 members (excludes halogenated alkanes) is 8. The summed E-state index contributed by atoms with van der Waals surface area (Å²) in [6.07, 6.45) is 25.0. The van der Waals surface area contributed by atoms with Crippen LogP contribution < -0.4 is 20.9 Å². The van der Waals surface area contributed by atoms with Gasteiger partial charge < -0.3 is 20.9 Å². The zero-order valence-corrected chi connectivity index (χ0v) is 34.9. The summed E-state index contributed by atoms with van der Waals surface area (Å²) in [4.78, 5) is 0. The van der Waals surface area contributed by atoms with Gasteiger partial charge >= 0.3 is 0 Å². The highest BCUT2D eigenvalue weighted by molar-refractivity contribution is 5.55. The van der Waals surface area contributed by atoms with E-state index in [1.54, 1.807) is 0 Å². The Hall–Kier alpha value is -3.92. The fourth-order valence-corrected chi connectivity index (χ4v) is 10.2. The van der Waals surface area contributed by atoms with Crippen LogP contribution in [0.5, 0.6) is 23.0 Å². The first-order chi connectivity index (χ1) is 26.6. The molecule has 2 aliphatic carbocycles. The van der Waals surface area contributed by atoms with Crippen molar-refractivity contribution in [3.05, 3.63) is 106 Å². The topological polar surface area (TPSA) is 70.5 Å². The van der Waals surface area contributed by atoms with E-state index >= 15 is 0 Å². The predicted octanol–water partition coefficient (Wildman–Crippen LogP) is 14.9. The summed E-state index contributed by atoms with van der Waals surface area (Å²) in [5.74, 6) is 6.07. The molecule has 2 aliphatic rings. The van der Waals surface area contributed by atoms with E-state index in [0.29, 0.717) is 11.4 Å². The van der Waals surface area contributed by atoms with Gasteiger partial charge in [-0.25, -0.2) is 0 Å². The highest BCUT2D eigenvalue weighted by Crippen LogP contribution is 2.52. The van der Waals surface area contributed by atoms with Gasteiger partial charge in [0.15, 0.2) is 0 Å². The van der Waals surface area contributed by atoms with Crippen LogP contribution in [0.1, 0.15) is 156 Å². The molecule has 0 aliphatic heterocycles. The Morgan fingerprint density at radius 2 is 0.945 bits per heavy atom. The average Bonchev–Trinajstić information content (AvgIpc) is 3.17. The minimum atomic E-state index is -0.0693. The second-order valence-corrected chi connectivity index (χ2v) is 17.5. The van der Waals surface area contributed by atoms with Gasteiger partial charge in [0.1, 0.15) is 23.0 Å². The van der Waals surface area contributed by atoms with Crippen molar-refractivity contribution in [3.8, 4) is 23.0 Å². The number of aryl methyl sites for hydroxylation is 4. The van der Waals surface area contributed by atoms with Crippen molar-refractivity contribution in [2.75, 3.05) is 11.5 Å². The highest BCUT2D eigenvalue weighted by Gasteiger charge is 2.42. The van der Waals surface area contributed by atoms with Gasteiger partial charge in [-0.1, -0.05) is 120 Å². The molecule has 0 unspecified atom stereocenters. The summed E-state index contributed by atoms with van der Waals surface area (Å²) >= 11 is 0. The molecule has 0 saturated heterocycles. The van der Waals surface area contributed by atoms with Crippen molar-refractivity contribution >= 4 is 11.4 Å². The quantitative estimate of drug-likeness (QED) is 0.0835. The van der Waals surface area contributed by atoms with Crippen molar-refractivity contribution in [1.82, 2.24) is 0 Å². The monoisotopic (exact) mass is 743 g/mol. The molecular formula is C51H70N2O2. The van der Waals surface area contributed by atoms with Gasteiger partial charge in [0.05, 0.1) is 0 Å². The standard InChI is InChI=1S/C51H70N2O2/c1-6-7-8-9-10-11-12-13-14-17-40-22-24-41(25-23-40)42-26-28-51(29-27-42,43-30-36(2)49(37(3)31-43)54-47-20-15-18-45(52)34-47)44-32-38(4)50(39(5)33-44)55-48-21-16-19-46(53)35-48/h15-16,18-21,30-35,40-42H,6-14,17,22-29,52-53H2,1-5H3/t40-,41+.